The number of aromatic nitrogens is 2. The average Bonchev–Trinajstić information content (AvgIpc) is 2.87. The molecule has 1 unspecified atom stereocenters. The maximum absolute atomic E-state index is 12.0. The minimum atomic E-state index is -0.364. The second kappa shape index (κ2) is 6.83. The molecule has 112 valence electrons. The van der Waals surface area contributed by atoms with Crippen LogP contribution in [-0.2, 0) is 11.2 Å². The van der Waals surface area contributed by atoms with Crippen molar-refractivity contribution in [3.63, 3.8) is 0 Å². The predicted octanol–water partition coefficient (Wildman–Crippen LogP) is 1.50. The lowest BCUT2D eigenvalue weighted by Crippen LogP contribution is -2.42. The minimum Gasteiger partial charge on any atom is -0.391 e. The van der Waals surface area contributed by atoms with Gasteiger partial charge in [0.25, 0.3) is 0 Å². The van der Waals surface area contributed by atoms with E-state index >= 15 is 0 Å². The highest BCUT2D eigenvalue weighted by Crippen LogP contribution is 2.14. The van der Waals surface area contributed by atoms with Gasteiger partial charge in [0.15, 0.2) is 5.82 Å². The van der Waals surface area contributed by atoms with Crippen LogP contribution in [-0.4, -0.2) is 45.2 Å². The monoisotopic (exact) mass is 281 g/mol. The van der Waals surface area contributed by atoms with E-state index in [2.05, 4.69) is 10.1 Å². The number of nitrogens with zero attached hydrogens (tertiary/aromatic N) is 3. The fourth-order valence-corrected chi connectivity index (χ4v) is 2.33. The van der Waals surface area contributed by atoms with Crippen molar-refractivity contribution in [2.45, 2.75) is 58.0 Å². The molecule has 1 aromatic rings. The first-order valence-corrected chi connectivity index (χ1v) is 7.34. The van der Waals surface area contributed by atoms with Gasteiger partial charge in [-0.15, -0.1) is 0 Å². The highest BCUT2D eigenvalue weighted by molar-refractivity contribution is 5.76. The topological polar surface area (TPSA) is 79.5 Å². The van der Waals surface area contributed by atoms with Crippen LogP contribution in [0.5, 0.6) is 0 Å². The van der Waals surface area contributed by atoms with E-state index in [4.69, 9.17) is 4.52 Å². The Balaban J connectivity index is 1.73. The quantitative estimate of drug-likeness (QED) is 0.884. The summed E-state index contributed by atoms with van der Waals surface area (Å²) in [6, 6.07) is 0. The standard InChI is InChI=1S/C14H23N3O3/c1-10(2)14-15-12(20-16-14)6-3-7-13(19)17-8-4-5-11(18)9-17/h10-11,18H,3-9H2,1-2H3. The molecular weight excluding hydrogens is 258 g/mol. The largest absolute Gasteiger partial charge is 0.391 e. The number of amides is 1. The summed E-state index contributed by atoms with van der Waals surface area (Å²) in [6.07, 6.45) is 3.11. The lowest BCUT2D eigenvalue weighted by molar-refractivity contribution is -0.134. The Morgan fingerprint density at radius 3 is 3.00 bits per heavy atom. The molecule has 1 amide bonds. The van der Waals surface area contributed by atoms with E-state index in [1.165, 1.54) is 0 Å². The molecule has 2 heterocycles. The summed E-state index contributed by atoms with van der Waals surface area (Å²) in [5.74, 6) is 1.67. The number of β-amino-alcohol motifs (C(OH)–C–C–N with tert-alkyl or cyclic N) is 1. The lowest BCUT2D eigenvalue weighted by atomic mass is 10.1. The SMILES string of the molecule is CC(C)c1noc(CCCC(=O)N2CCCC(O)C2)n1. The van der Waals surface area contributed by atoms with E-state index in [9.17, 15) is 9.90 Å². The van der Waals surface area contributed by atoms with Crippen molar-refractivity contribution in [1.29, 1.82) is 0 Å². The first-order chi connectivity index (χ1) is 9.56. The van der Waals surface area contributed by atoms with Crippen LogP contribution in [0, 0.1) is 0 Å². The van der Waals surface area contributed by atoms with E-state index in [0.717, 1.165) is 19.4 Å². The highest BCUT2D eigenvalue weighted by Gasteiger charge is 2.21. The molecule has 1 saturated heterocycles. The Kier molecular flexibility index (Phi) is 5.11. The van der Waals surface area contributed by atoms with Gasteiger partial charge in [-0.2, -0.15) is 4.98 Å². The predicted molar refractivity (Wildman–Crippen MR) is 73.1 cm³/mol. The van der Waals surface area contributed by atoms with Crippen molar-refractivity contribution in [1.82, 2.24) is 15.0 Å². The molecule has 0 aromatic carbocycles. The average molecular weight is 281 g/mol. The molecule has 1 fully saturated rings. The summed E-state index contributed by atoms with van der Waals surface area (Å²) in [7, 11) is 0. The molecule has 20 heavy (non-hydrogen) atoms. The van der Waals surface area contributed by atoms with Gasteiger partial charge in [-0.1, -0.05) is 19.0 Å². The number of piperidine rings is 1. The zero-order valence-electron chi connectivity index (χ0n) is 12.2. The molecular formula is C14H23N3O3. The van der Waals surface area contributed by atoms with Crippen LogP contribution in [0.3, 0.4) is 0 Å². The van der Waals surface area contributed by atoms with Crippen molar-refractivity contribution in [2.24, 2.45) is 0 Å². The number of carbonyl (C=O) groups excluding carboxylic acids is 1. The molecule has 0 saturated carbocycles. The van der Waals surface area contributed by atoms with E-state index < -0.39 is 0 Å². The second-order valence-corrected chi connectivity index (χ2v) is 5.69. The molecule has 2 rings (SSSR count). The first kappa shape index (κ1) is 15.0. The van der Waals surface area contributed by atoms with Crippen molar-refractivity contribution < 1.29 is 14.4 Å². The first-order valence-electron chi connectivity index (χ1n) is 7.34. The molecule has 0 spiro atoms. The summed E-state index contributed by atoms with van der Waals surface area (Å²) >= 11 is 0. The molecule has 0 radical (unpaired) electrons. The van der Waals surface area contributed by atoms with Gasteiger partial charge >= 0.3 is 0 Å². The Morgan fingerprint density at radius 2 is 2.35 bits per heavy atom. The van der Waals surface area contributed by atoms with Gasteiger partial charge in [-0.3, -0.25) is 4.79 Å². The molecule has 1 N–H and O–H groups in total. The third-order valence-electron chi connectivity index (χ3n) is 3.53. The maximum Gasteiger partial charge on any atom is 0.226 e. The molecule has 0 aliphatic carbocycles. The van der Waals surface area contributed by atoms with Crippen LogP contribution < -0.4 is 0 Å². The summed E-state index contributed by atoms with van der Waals surface area (Å²) < 4.78 is 5.14. The third-order valence-corrected chi connectivity index (χ3v) is 3.53. The van der Waals surface area contributed by atoms with E-state index in [0.29, 0.717) is 37.5 Å². The molecule has 6 heteroatoms. The van der Waals surface area contributed by atoms with E-state index in [-0.39, 0.29) is 17.9 Å². The van der Waals surface area contributed by atoms with Crippen molar-refractivity contribution >= 4 is 5.91 Å². The Hall–Kier alpha value is -1.43. The summed E-state index contributed by atoms with van der Waals surface area (Å²) in [4.78, 5) is 18.0. The number of likely N-dealkylation sites (tertiary alicyclic amines) is 1. The van der Waals surface area contributed by atoms with Crippen molar-refractivity contribution in [3.05, 3.63) is 11.7 Å². The molecule has 6 nitrogen and oxygen atoms in total. The molecule has 0 bridgehead atoms. The second-order valence-electron chi connectivity index (χ2n) is 5.69. The number of carbonyl (C=O) groups is 1. The highest BCUT2D eigenvalue weighted by atomic mass is 16.5. The van der Waals surface area contributed by atoms with Crippen molar-refractivity contribution in [3.8, 4) is 0 Å². The van der Waals surface area contributed by atoms with Crippen LogP contribution >= 0.6 is 0 Å². The van der Waals surface area contributed by atoms with Gasteiger partial charge in [-0.25, -0.2) is 0 Å². The van der Waals surface area contributed by atoms with Gasteiger partial charge in [-0.05, 0) is 19.3 Å². The van der Waals surface area contributed by atoms with Crippen LogP contribution in [0.4, 0.5) is 0 Å². The van der Waals surface area contributed by atoms with Gasteiger partial charge < -0.3 is 14.5 Å². The van der Waals surface area contributed by atoms with Crippen LogP contribution in [0.2, 0.25) is 0 Å². The Labute approximate surface area is 119 Å². The van der Waals surface area contributed by atoms with E-state index in [1.54, 1.807) is 4.90 Å². The van der Waals surface area contributed by atoms with E-state index in [1.807, 2.05) is 13.8 Å². The minimum absolute atomic E-state index is 0.104. The van der Waals surface area contributed by atoms with Crippen molar-refractivity contribution in [2.75, 3.05) is 13.1 Å². The normalized spacial score (nSPS) is 19.6. The summed E-state index contributed by atoms with van der Waals surface area (Å²) in [5, 5.41) is 13.5. The van der Waals surface area contributed by atoms with Crippen LogP contribution in [0.1, 0.15) is 57.2 Å². The number of rotatable bonds is 5. The Bertz CT molecular complexity index is 445. The molecule has 1 aliphatic rings. The number of aryl methyl sites for hydroxylation is 1. The molecule has 1 atom stereocenters. The number of aliphatic hydroxyl groups excluding tert-OH is 1. The Morgan fingerprint density at radius 1 is 1.55 bits per heavy atom. The number of hydrogen-bond acceptors (Lipinski definition) is 5. The lowest BCUT2D eigenvalue weighted by Gasteiger charge is -2.30. The van der Waals surface area contributed by atoms with Gasteiger partial charge in [0.05, 0.1) is 6.10 Å². The third kappa shape index (κ3) is 4.03. The molecule has 1 aromatic heterocycles. The summed E-state index contributed by atoms with van der Waals surface area (Å²) in [5.41, 5.74) is 0. The fourth-order valence-electron chi connectivity index (χ4n) is 2.33. The van der Waals surface area contributed by atoms with Crippen LogP contribution in [0.25, 0.3) is 0 Å². The van der Waals surface area contributed by atoms with Gasteiger partial charge in [0.1, 0.15) is 0 Å². The maximum atomic E-state index is 12.0. The van der Waals surface area contributed by atoms with Crippen LogP contribution in [0.15, 0.2) is 4.52 Å². The number of hydrogen-bond donors (Lipinski definition) is 1. The summed E-state index contributed by atoms with van der Waals surface area (Å²) in [6.45, 7) is 5.25. The molecule has 1 aliphatic heterocycles. The van der Waals surface area contributed by atoms with Gasteiger partial charge in [0.2, 0.25) is 11.8 Å². The fraction of sp³-hybridized carbons (Fsp3) is 0.786. The number of aliphatic hydroxyl groups is 1. The zero-order chi connectivity index (χ0) is 14.5. The zero-order valence-corrected chi connectivity index (χ0v) is 12.2. The smallest absolute Gasteiger partial charge is 0.226 e. The van der Waals surface area contributed by atoms with Gasteiger partial charge in [0, 0.05) is 31.8 Å².